The van der Waals surface area contributed by atoms with Gasteiger partial charge >= 0.3 is 0 Å². The minimum atomic E-state index is -0.818. The van der Waals surface area contributed by atoms with Crippen LogP contribution in [0.3, 0.4) is 0 Å². The molecule has 0 saturated carbocycles. The highest BCUT2D eigenvalue weighted by Gasteiger charge is 2.15. The number of hydrogen-bond donors (Lipinski definition) is 1. The molecule has 1 unspecified atom stereocenters. The molecule has 2 nitrogen and oxygen atoms in total. The monoisotopic (exact) mass is 254 g/mol. The fraction of sp³-hybridized carbons (Fsp3) is 0.231. The second kappa shape index (κ2) is 4.90. The van der Waals surface area contributed by atoms with Crippen LogP contribution in [0.25, 0.3) is 0 Å². The molecule has 0 saturated heterocycles. The van der Waals surface area contributed by atoms with E-state index in [9.17, 15) is 9.50 Å². The second-order valence-corrected chi connectivity index (χ2v) is 4.32. The summed E-state index contributed by atoms with van der Waals surface area (Å²) in [5, 5.41) is 10.3. The van der Waals surface area contributed by atoms with Crippen molar-refractivity contribution in [3.8, 4) is 0 Å². The van der Waals surface area contributed by atoms with Crippen LogP contribution in [0.1, 0.15) is 23.0 Å². The highest BCUT2D eigenvalue weighted by atomic mass is 35.5. The van der Waals surface area contributed by atoms with E-state index in [4.69, 9.17) is 16.0 Å². The van der Waals surface area contributed by atoms with E-state index < -0.39 is 11.9 Å². The lowest BCUT2D eigenvalue weighted by Crippen LogP contribution is -2.03. The van der Waals surface area contributed by atoms with Gasteiger partial charge in [0.2, 0.25) is 0 Å². The molecular formula is C13H12ClFO2. The predicted molar refractivity (Wildman–Crippen MR) is 63.5 cm³/mol. The Hall–Kier alpha value is -1.32. The van der Waals surface area contributed by atoms with E-state index in [1.807, 2.05) is 0 Å². The first kappa shape index (κ1) is 12.1. The number of aliphatic hydroxyl groups excluding tert-OH is 1. The summed E-state index contributed by atoms with van der Waals surface area (Å²) in [6, 6.07) is 6.19. The molecule has 0 aliphatic rings. The maximum atomic E-state index is 13.5. The third kappa shape index (κ3) is 2.68. The second-order valence-electron chi connectivity index (χ2n) is 3.91. The van der Waals surface area contributed by atoms with Crippen molar-refractivity contribution < 1.29 is 13.9 Å². The quantitative estimate of drug-likeness (QED) is 0.907. The molecule has 1 aromatic carbocycles. The Morgan fingerprint density at radius 1 is 1.47 bits per heavy atom. The van der Waals surface area contributed by atoms with Crippen molar-refractivity contribution >= 4 is 11.6 Å². The standard InChI is InChI=1S/C13H12ClFO2/c1-8-5-9(7-17-8)13(16)6-10-11(14)3-2-4-12(10)15/h2-5,7,13,16H,6H2,1H3. The summed E-state index contributed by atoms with van der Waals surface area (Å²) in [4.78, 5) is 0. The molecule has 17 heavy (non-hydrogen) atoms. The lowest BCUT2D eigenvalue weighted by atomic mass is 10.0. The number of hydrogen-bond acceptors (Lipinski definition) is 2. The predicted octanol–water partition coefficient (Wildman–Crippen LogP) is 3.66. The molecule has 2 rings (SSSR count). The molecule has 90 valence electrons. The number of rotatable bonds is 3. The van der Waals surface area contributed by atoms with Crippen molar-refractivity contribution in [2.45, 2.75) is 19.4 Å². The first-order valence-electron chi connectivity index (χ1n) is 5.24. The first-order valence-corrected chi connectivity index (χ1v) is 5.61. The summed E-state index contributed by atoms with van der Waals surface area (Å²) in [6.07, 6.45) is 0.779. The maximum Gasteiger partial charge on any atom is 0.127 e. The van der Waals surface area contributed by atoms with Crippen molar-refractivity contribution in [1.82, 2.24) is 0 Å². The number of benzene rings is 1. The van der Waals surface area contributed by atoms with Crippen LogP contribution in [0, 0.1) is 12.7 Å². The Labute approximate surface area is 104 Å². The fourth-order valence-electron chi connectivity index (χ4n) is 1.68. The summed E-state index contributed by atoms with van der Waals surface area (Å²) in [5.74, 6) is 0.301. The van der Waals surface area contributed by atoms with Gasteiger partial charge in [-0.05, 0) is 25.1 Å². The lowest BCUT2D eigenvalue weighted by molar-refractivity contribution is 0.176. The highest BCUT2D eigenvalue weighted by Crippen LogP contribution is 2.26. The Morgan fingerprint density at radius 3 is 2.82 bits per heavy atom. The molecule has 1 N–H and O–H groups in total. The van der Waals surface area contributed by atoms with Gasteiger partial charge in [0, 0.05) is 22.6 Å². The Morgan fingerprint density at radius 2 is 2.24 bits per heavy atom. The summed E-state index contributed by atoms with van der Waals surface area (Å²) in [7, 11) is 0. The molecular weight excluding hydrogens is 243 g/mol. The SMILES string of the molecule is Cc1cc(C(O)Cc2c(F)cccc2Cl)co1. The molecule has 0 aliphatic carbocycles. The van der Waals surface area contributed by atoms with Crippen LogP contribution in [0.5, 0.6) is 0 Å². The van der Waals surface area contributed by atoms with Crippen LogP contribution in [0.2, 0.25) is 5.02 Å². The number of halogens is 2. The summed E-state index contributed by atoms with van der Waals surface area (Å²) < 4.78 is 18.6. The Bertz CT molecular complexity index is 502. The van der Waals surface area contributed by atoms with E-state index in [-0.39, 0.29) is 6.42 Å². The first-order chi connectivity index (χ1) is 8.08. The van der Waals surface area contributed by atoms with Gasteiger partial charge in [-0.3, -0.25) is 0 Å². The van der Waals surface area contributed by atoms with Gasteiger partial charge in [-0.15, -0.1) is 0 Å². The van der Waals surface area contributed by atoms with Gasteiger partial charge in [0.25, 0.3) is 0 Å². The maximum absolute atomic E-state index is 13.5. The van der Waals surface area contributed by atoms with Gasteiger partial charge < -0.3 is 9.52 Å². The van der Waals surface area contributed by atoms with E-state index in [0.29, 0.717) is 21.9 Å². The Balaban J connectivity index is 2.21. The molecule has 4 heteroatoms. The molecule has 0 spiro atoms. The topological polar surface area (TPSA) is 33.4 Å². The average molecular weight is 255 g/mol. The zero-order valence-corrected chi connectivity index (χ0v) is 10.0. The van der Waals surface area contributed by atoms with Gasteiger partial charge in [-0.1, -0.05) is 17.7 Å². The average Bonchev–Trinajstić information content (AvgIpc) is 2.70. The minimum Gasteiger partial charge on any atom is -0.469 e. The van der Waals surface area contributed by atoms with Gasteiger partial charge in [0.1, 0.15) is 11.6 Å². The van der Waals surface area contributed by atoms with Crippen molar-refractivity contribution in [2.75, 3.05) is 0 Å². The fourth-order valence-corrected chi connectivity index (χ4v) is 1.92. The number of aryl methyl sites for hydroxylation is 1. The van der Waals surface area contributed by atoms with Gasteiger partial charge in [0.05, 0.1) is 12.4 Å². The zero-order valence-electron chi connectivity index (χ0n) is 9.28. The van der Waals surface area contributed by atoms with Crippen LogP contribution in [0.15, 0.2) is 34.9 Å². The van der Waals surface area contributed by atoms with Gasteiger partial charge in [-0.25, -0.2) is 4.39 Å². The van der Waals surface area contributed by atoms with Crippen LogP contribution >= 0.6 is 11.6 Å². The smallest absolute Gasteiger partial charge is 0.127 e. The molecule has 0 bridgehead atoms. The lowest BCUT2D eigenvalue weighted by Gasteiger charge is -2.10. The molecule has 0 amide bonds. The third-order valence-corrected chi connectivity index (χ3v) is 2.95. The molecule has 1 heterocycles. The van der Waals surface area contributed by atoms with Crippen LogP contribution < -0.4 is 0 Å². The van der Waals surface area contributed by atoms with Crippen LogP contribution in [0.4, 0.5) is 4.39 Å². The molecule has 0 fully saturated rings. The molecule has 0 aliphatic heterocycles. The van der Waals surface area contributed by atoms with E-state index in [1.54, 1.807) is 19.1 Å². The summed E-state index contributed by atoms with van der Waals surface area (Å²) in [6.45, 7) is 1.78. The molecule has 2 aromatic rings. The zero-order chi connectivity index (χ0) is 12.4. The third-order valence-electron chi connectivity index (χ3n) is 2.59. The Kier molecular flexibility index (Phi) is 3.50. The normalized spacial score (nSPS) is 12.7. The molecule has 1 aromatic heterocycles. The summed E-state index contributed by atoms with van der Waals surface area (Å²) >= 11 is 5.89. The number of aliphatic hydroxyl groups is 1. The number of furan rings is 1. The summed E-state index contributed by atoms with van der Waals surface area (Å²) in [5.41, 5.74) is 0.947. The van der Waals surface area contributed by atoms with Crippen LogP contribution in [-0.4, -0.2) is 5.11 Å². The van der Waals surface area contributed by atoms with Crippen molar-refractivity contribution in [3.63, 3.8) is 0 Å². The largest absolute Gasteiger partial charge is 0.469 e. The van der Waals surface area contributed by atoms with E-state index in [1.165, 1.54) is 18.4 Å². The van der Waals surface area contributed by atoms with Crippen molar-refractivity contribution in [3.05, 3.63) is 58.3 Å². The van der Waals surface area contributed by atoms with Crippen LogP contribution in [-0.2, 0) is 6.42 Å². The molecule has 0 radical (unpaired) electrons. The van der Waals surface area contributed by atoms with E-state index in [2.05, 4.69) is 0 Å². The van der Waals surface area contributed by atoms with Gasteiger partial charge in [0.15, 0.2) is 0 Å². The van der Waals surface area contributed by atoms with Crippen molar-refractivity contribution in [1.29, 1.82) is 0 Å². The van der Waals surface area contributed by atoms with Crippen molar-refractivity contribution in [2.24, 2.45) is 0 Å². The van der Waals surface area contributed by atoms with E-state index in [0.717, 1.165) is 0 Å². The van der Waals surface area contributed by atoms with E-state index >= 15 is 0 Å². The minimum absolute atomic E-state index is 0.129. The highest BCUT2D eigenvalue weighted by molar-refractivity contribution is 6.31. The van der Waals surface area contributed by atoms with Gasteiger partial charge in [-0.2, -0.15) is 0 Å². The molecule has 1 atom stereocenters.